The first-order valence-electron chi connectivity index (χ1n) is 6.04. The monoisotopic (exact) mass is 224 g/mol. The van der Waals surface area contributed by atoms with Crippen molar-refractivity contribution in [2.24, 2.45) is 5.73 Å². The molecule has 0 bridgehead atoms. The smallest absolute Gasteiger partial charge is 0.0456 e. The van der Waals surface area contributed by atoms with E-state index in [1.54, 1.807) is 6.20 Å². The number of fused-ring (bicyclic) bond motifs is 1. The number of nitrogens with zero attached hydrogens (tertiary/aromatic N) is 1. The second-order valence-electron chi connectivity index (χ2n) is 4.85. The first-order chi connectivity index (χ1) is 8.28. The number of aromatic nitrogens is 1. The van der Waals surface area contributed by atoms with Crippen LogP contribution in [0, 0.1) is 0 Å². The molecule has 1 unspecified atom stereocenters. The van der Waals surface area contributed by atoms with Gasteiger partial charge in [-0.3, -0.25) is 4.98 Å². The highest BCUT2D eigenvalue weighted by Crippen LogP contribution is 2.36. The summed E-state index contributed by atoms with van der Waals surface area (Å²) in [6, 6.07) is 12.6. The van der Waals surface area contributed by atoms with Gasteiger partial charge in [0.2, 0.25) is 0 Å². The Hall–Kier alpha value is -1.67. The van der Waals surface area contributed by atoms with Crippen LogP contribution in [0.15, 0.2) is 48.8 Å². The van der Waals surface area contributed by atoms with Gasteiger partial charge in [0.05, 0.1) is 0 Å². The lowest BCUT2D eigenvalue weighted by Gasteiger charge is -2.25. The van der Waals surface area contributed by atoms with E-state index in [2.05, 4.69) is 35.3 Å². The van der Waals surface area contributed by atoms with E-state index in [0.717, 1.165) is 19.3 Å². The Morgan fingerprint density at radius 3 is 2.88 bits per heavy atom. The van der Waals surface area contributed by atoms with E-state index in [9.17, 15) is 0 Å². The summed E-state index contributed by atoms with van der Waals surface area (Å²) in [5, 5.41) is 0. The molecule has 17 heavy (non-hydrogen) atoms. The molecule has 3 rings (SSSR count). The van der Waals surface area contributed by atoms with E-state index in [0.29, 0.717) is 0 Å². The van der Waals surface area contributed by atoms with Crippen LogP contribution in [0.1, 0.15) is 23.1 Å². The third-order valence-corrected chi connectivity index (χ3v) is 3.64. The molecule has 1 aromatic heterocycles. The summed E-state index contributed by atoms with van der Waals surface area (Å²) >= 11 is 0. The van der Waals surface area contributed by atoms with Crippen molar-refractivity contribution >= 4 is 0 Å². The van der Waals surface area contributed by atoms with E-state index in [1.165, 1.54) is 16.7 Å². The number of rotatable bonds is 2. The number of hydrogen-bond acceptors (Lipinski definition) is 2. The van der Waals surface area contributed by atoms with Crippen LogP contribution >= 0.6 is 0 Å². The maximum atomic E-state index is 6.57. The van der Waals surface area contributed by atoms with Crippen LogP contribution in [0.4, 0.5) is 0 Å². The Kier molecular flexibility index (Phi) is 2.45. The van der Waals surface area contributed by atoms with Gasteiger partial charge in [0.15, 0.2) is 0 Å². The molecular formula is C15H16N2. The Labute approximate surface area is 102 Å². The average molecular weight is 224 g/mol. The number of nitrogens with two attached hydrogens (primary N) is 1. The highest BCUT2D eigenvalue weighted by atomic mass is 14.8. The lowest BCUT2D eigenvalue weighted by Crippen LogP contribution is -2.36. The Bertz CT molecular complexity index is 521. The summed E-state index contributed by atoms with van der Waals surface area (Å²) in [5.41, 5.74) is 10.3. The minimum Gasteiger partial charge on any atom is -0.321 e. The Morgan fingerprint density at radius 1 is 1.18 bits per heavy atom. The maximum Gasteiger partial charge on any atom is 0.0456 e. The van der Waals surface area contributed by atoms with E-state index in [1.807, 2.05) is 12.3 Å². The van der Waals surface area contributed by atoms with Crippen molar-refractivity contribution in [3.05, 3.63) is 65.5 Å². The molecule has 2 heteroatoms. The van der Waals surface area contributed by atoms with Gasteiger partial charge in [-0.1, -0.05) is 30.3 Å². The molecule has 0 fully saturated rings. The topological polar surface area (TPSA) is 38.9 Å². The Morgan fingerprint density at radius 2 is 2.06 bits per heavy atom. The highest BCUT2D eigenvalue weighted by Gasteiger charge is 2.34. The minimum absolute atomic E-state index is 0.209. The summed E-state index contributed by atoms with van der Waals surface area (Å²) in [7, 11) is 0. The van der Waals surface area contributed by atoms with Gasteiger partial charge < -0.3 is 5.73 Å². The van der Waals surface area contributed by atoms with Crippen LogP contribution in [0.3, 0.4) is 0 Å². The van der Waals surface area contributed by atoms with Gasteiger partial charge in [-0.25, -0.2) is 0 Å². The molecule has 2 nitrogen and oxygen atoms in total. The van der Waals surface area contributed by atoms with Crippen molar-refractivity contribution in [3.63, 3.8) is 0 Å². The molecule has 86 valence electrons. The molecule has 0 amide bonds. The molecular weight excluding hydrogens is 208 g/mol. The second kappa shape index (κ2) is 3.97. The molecule has 2 N–H and O–H groups in total. The van der Waals surface area contributed by atoms with E-state index >= 15 is 0 Å². The van der Waals surface area contributed by atoms with Crippen LogP contribution in [-0.4, -0.2) is 4.98 Å². The number of aryl methyl sites for hydroxylation is 1. The molecule has 1 aliphatic carbocycles. The van der Waals surface area contributed by atoms with Crippen molar-refractivity contribution < 1.29 is 0 Å². The predicted molar refractivity (Wildman–Crippen MR) is 68.6 cm³/mol. The van der Waals surface area contributed by atoms with Crippen LogP contribution in [0.25, 0.3) is 0 Å². The first-order valence-corrected chi connectivity index (χ1v) is 6.04. The zero-order valence-electron chi connectivity index (χ0n) is 9.76. The molecule has 0 spiro atoms. The maximum absolute atomic E-state index is 6.57. The molecule has 2 aromatic rings. The number of hydrogen-bond donors (Lipinski definition) is 1. The molecule has 1 aromatic carbocycles. The molecule has 0 aliphatic heterocycles. The standard InChI is InChI=1S/C15H16N2/c16-15(10-12-4-3-9-17-11-12)8-7-13-5-1-2-6-14(13)15/h1-6,9,11H,7-8,10,16H2. The van der Waals surface area contributed by atoms with Gasteiger partial charge in [-0.2, -0.15) is 0 Å². The van der Waals surface area contributed by atoms with E-state index in [-0.39, 0.29) is 5.54 Å². The highest BCUT2D eigenvalue weighted by molar-refractivity contribution is 5.39. The van der Waals surface area contributed by atoms with Crippen LogP contribution in [0.2, 0.25) is 0 Å². The van der Waals surface area contributed by atoms with Crippen LogP contribution in [0.5, 0.6) is 0 Å². The third kappa shape index (κ3) is 1.85. The summed E-state index contributed by atoms with van der Waals surface area (Å²) < 4.78 is 0. The number of benzene rings is 1. The molecule has 0 saturated heterocycles. The fourth-order valence-corrected chi connectivity index (χ4v) is 2.77. The normalized spacial score (nSPS) is 22.4. The Balaban J connectivity index is 1.94. The molecule has 0 radical (unpaired) electrons. The second-order valence-corrected chi connectivity index (χ2v) is 4.85. The van der Waals surface area contributed by atoms with Gasteiger partial charge in [-0.15, -0.1) is 0 Å². The molecule has 0 saturated carbocycles. The van der Waals surface area contributed by atoms with Crippen molar-refractivity contribution in [2.45, 2.75) is 24.8 Å². The summed E-state index contributed by atoms with van der Waals surface area (Å²) in [6.45, 7) is 0. The number of pyridine rings is 1. The summed E-state index contributed by atoms with van der Waals surface area (Å²) in [4.78, 5) is 4.16. The fourth-order valence-electron chi connectivity index (χ4n) is 2.77. The van der Waals surface area contributed by atoms with Crippen molar-refractivity contribution in [1.29, 1.82) is 0 Å². The average Bonchev–Trinajstić information content (AvgIpc) is 2.69. The van der Waals surface area contributed by atoms with E-state index < -0.39 is 0 Å². The van der Waals surface area contributed by atoms with Gasteiger partial charge >= 0.3 is 0 Å². The third-order valence-electron chi connectivity index (χ3n) is 3.64. The largest absolute Gasteiger partial charge is 0.321 e. The van der Waals surface area contributed by atoms with Crippen LogP contribution < -0.4 is 5.73 Å². The van der Waals surface area contributed by atoms with Crippen molar-refractivity contribution in [2.75, 3.05) is 0 Å². The SMILES string of the molecule is NC1(Cc2cccnc2)CCc2ccccc21. The van der Waals surface area contributed by atoms with Crippen molar-refractivity contribution in [1.82, 2.24) is 4.98 Å². The summed E-state index contributed by atoms with van der Waals surface area (Å²) in [5.74, 6) is 0. The van der Waals surface area contributed by atoms with Gasteiger partial charge in [0.25, 0.3) is 0 Å². The van der Waals surface area contributed by atoms with Crippen LogP contribution in [-0.2, 0) is 18.4 Å². The van der Waals surface area contributed by atoms with E-state index in [4.69, 9.17) is 5.73 Å². The molecule has 1 aliphatic rings. The van der Waals surface area contributed by atoms with Gasteiger partial charge in [-0.05, 0) is 42.0 Å². The lowest BCUT2D eigenvalue weighted by molar-refractivity contribution is 0.438. The van der Waals surface area contributed by atoms with Gasteiger partial charge in [0.1, 0.15) is 0 Å². The fraction of sp³-hybridized carbons (Fsp3) is 0.267. The molecule has 1 heterocycles. The lowest BCUT2D eigenvalue weighted by atomic mass is 9.87. The zero-order chi connectivity index (χ0) is 11.7. The zero-order valence-corrected chi connectivity index (χ0v) is 9.76. The van der Waals surface area contributed by atoms with Crippen molar-refractivity contribution in [3.8, 4) is 0 Å². The minimum atomic E-state index is -0.209. The summed E-state index contributed by atoms with van der Waals surface area (Å²) in [6.07, 6.45) is 6.71. The predicted octanol–water partition coefficient (Wildman–Crippen LogP) is 2.42. The van der Waals surface area contributed by atoms with Gasteiger partial charge in [0, 0.05) is 17.9 Å². The quantitative estimate of drug-likeness (QED) is 0.851. The molecule has 1 atom stereocenters. The first kappa shape index (κ1) is 10.5.